The first-order valence-electron chi connectivity index (χ1n) is 12.5. The highest BCUT2D eigenvalue weighted by Crippen LogP contribution is 2.37. The highest BCUT2D eigenvalue weighted by Gasteiger charge is 2.39. The number of nitrogens with one attached hydrogen (secondary N) is 2. The Morgan fingerprint density at radius 2 is 1.70 bits per heavy atom. The summed E-state index contributed by atoms with van der Waals surface area (Å²) in [5.41, 5.74) is -2.13. The Bertz CT molecular complexity index is 1320. The van der Waals surface area contributed by atoms with E-state index in [0.717, 1.165) is 16.5 Å². The smallest absolute Gasteiger partial charge is 0.383 e. The lowest BCUT2D eigenvalue weighted by molar-refractivity contribution is -0.143. The van der Waals surface area contributed by atoms with Gasteiger partial charge in [-0.15, -0.1) is 0 Å². The average Bonchev–Trinajstić information content (AvgIpc) is 3.30. The van der Waals surface area contributed by atoms with E-state index in [-0.39, 0.29) is 44.6 Å². The number of hydrogen-bond donors (Lipinski definition) is 2. The molecule has 13 heteroatoms. The van der Waals surface area contributed by atoms with Crippen LogP contribution in [-0.4, -0.2) is 79.1 Å². The molecule has 1 aromatic heterocycles. The second kappa shape index (κ2) is 11.9. The van der Waals surface area contributed by atoms with Crippen molar-refractivity contribution < 1.29 is 40.7 Å². The number of alkyl halides is 6. The highest BCUT2D eigenvalue weighted by atomic mass is 19.4. The number of piperazine rings is 1. The third-order valence-corrected chi connectivity index (χ3v) is 6.79. The van der Waals surface area contributed by atoms with Crippen molar-refractivity contribution in [2.24, 2.45) is 0 Å². The van der Waals surface area contributed by atoms with Gasteiger partial charge in [-0.25, -0.2) is 0 Å². The second-order valence-electron chi connectivity index (χ2n) is 9.59. The lowest BCUT2D eigenvalue weighted by atomic mass is 9.98. The van der Waals surface area contributed by atoms with Gasteiger partial charge in [0.25, 0.3) is 5.91 Å². The number of para-hydroxylation sites is 1. The van der Waals surface area contributed by atoms with Gasteiger partial charge in [-0.3, -0.25) is 14.5 Å². The molecule has 0 unspecified atom stereocenters. The number of rotatable bonds is 8. The van der Waals surface area contributed by atoms with Gasteiger partial charge < -0.3 is 19.9 Å². The molecule has 1 atom stereocenters. The number of aromatic nitrogens is 1. The number of aromatic amines is 1. The summed E-state index contributed by atoms with van der Waals surface area (Å²) in [4.78, 5) is 32.2. The summed E-state index contributed by atoms with van der Waals surface area (Å²) in [5.74, 6) is -1.21. The Labute approximate surface area is 226 Å². The topological polar surface area (TPSA) is 77.7 Å². The van der Waals surface area contributed by atoms with Gasteiger partial charge in [0.1, 0.15) is 0 Å². The van der Waals surface area contributed by atoms with Gasteiger partial charge in [-0.05, 0) is 36.2 Å². The molecule has 216 valence electrons. The molecule has 0 bridgehead atoms. The van der Waals surface area contributed by atoms with Crippen molar-refractivity contribution in [1.29, 1.82) is 0 Å². The molecule has 2 amide bonds. The molecular formula is C27H28F6N4O3. The zero-order chi connectivity index (χ0) is 29.1. The number of halogens is 6. The molecule has 0 radical (unpaired) electrons. The molecule has 0 saturated carbocycles. The summed E-state index contributed by atoms with van der Waals surface area (Å²) in [6, 6.07) is 7.69. The van der Waals surface area contributed by atoms with Crippen molar-refractivity contribution >= 4 is 22.7 Å². The van der Waals surface area contributed by atoms with Crippen molar-refractivity contribution in [2.75, 3.05) is 46.4 Å². The maximum absolute atomic E-state index is 13.5. The summed E-state index contributed by atoms with van der Waals surface area (Å²) < 4.78 is 85.6. The fraction of sp³-hybridized carbons (Fsp3) is 0.407. The van der Waals surface area contributed by atoms with E-state index in [4.69, 9.17) is 4.74 Å². The summed E-state index contributed by atoms with van der Waals surface area (Å²) in [6.07, 6.45) is -8.12. The van der Waals surface area contributed by atoms with Crippen LogP contribution in [0.15, 0.2) is 48.7 Å². The molecule has 1 aliphatic heterocycles. The molecule has 1 fully saturated rings. The van der Waals surface area contributed by atoms with E-state index in [1.165, 1.54) is 12.0 Å². The predicted molar refractivity (Wildman–Crippen MR) is 135 cm³/mol. The summed E-state index contributed by atoms with van der Waals surface area (Å²) in [7, 11) is 1.50. The lowest BCUT2D eigenvalue weighted by Crippen LogP contribution is -2.57. The van der Waals surface area contributed by atoms with Gasteiger partial charge in [-0.2, -0.15) is 26.3 Å². The van der Waals surface area contributed by atoms with Gasteiger partial charge in [0, 0.05) is 62.0 Å². The summed E-state index contributed by atoms with van der Waals surface area (Å²) in [5, 5.41) is 3.59. The zero-order valence-corrected chi connectivity index (χ0v) is 21.5. The van der Waals surface area contributed by atoms with Crippen molar-refractivity contribution in [3.8, 4) is 0 Å². The number of carbonyl (C=O) groups excluding carboxylic acids is 2. The van der Waals surface area contributed by atoms with E-state index in [9.17, 15) is 35.9 Å². The molecule has 1 saturated heterocycles. The molecule has 3 aromatic rings. The minimum Gasteiger partial charge on any atom is -0.383 e. The SMILES string of the molecule is COCCNC(=O)CN1CCN(C(=O)c2cc(C(F)(F)F)cc(C(F)(F)F)c2)[C@H](Cc2c[nH]c3ccccc23)C1. The van der Waals surface area contributed by atoms with Crippen molar-refractivity contribution in [2.45, 2.75) is 24.8 Å². The van der Waals surface area contributed by atoms with E-state index in [1.807, 2.05) is 24.3 Å². The molecule has 4 rings (SSSR count). The van der Waals surface area contributed by atoms with Crippen molar-refractivity contribution in [3.63, 3.8) is 0 Å². The monoisotopic (exact) mass is 570 g/mol. The van der Waals surface area contributed by atoms with Gasteiger partial charge in [0.15, 0.2) is 0 Å². The van der Waals surface area contributed by atoms with Crippen LogP contribution in [0.1, 0.15) is 27.0 Å². The van der Waals surface area contributed by atoms with Crippen molar-refractivity contribution in [1.82, 2.24) is 20.1 Å². The first kappa shape index (κ1) is 29.4. The fourth-order valence-electron chi connectivity index (χ4n) is 4.86. The largest absolute Gasteiger partial charge is 0.416 e. The molecule has 2 N–H and O–H groups in total. The number of nitrogens with zero attached hydrogens (tertiary/aromatic N) is 2. The van der Waals surface area contributed by atoms with E-state index < -0.39 is 41.0 Å². The molecule has 2 heterocycles. The van der Waals surface area contributed by atoms with Crippen LogP contribution in [0.3, 0.4) is 0 Å². The highest BCUT2D eigenvalue weighted by molar-refractivity contribution is 5.95. The maximum Gasteiger partial charge on any atom is 0.416 e. The van der Waals surface area contributed by atoms with Crippen LogP contribution < -0.4 is 5.32 Å². The summed E-state index contributed by atoms with van der Waals surface area (Å²) >= 11 is 0. The minimum absolute atomic E-state index is 0.000333. The van der Waals surface area contributed by atoms with Gasteiger partial charge in [0.2, 0.25) is 5.91 Å². The number of hydrogen-bond acceptors (Lipinski definition) is 4. The fourth-order valence-corrected chi connectivity index (χ4v) is 4.86. The molecule has 7 nitrogen and oxygen atoms in total. The Morgan fingerprint density at radius 1 is 1.02 bits per heavy atom. The third kappa shape index (κ3) is 6.94. The van der Waals surface area contributed by atoms with Crippen LogP contribution in [0.2, 0.25) is 0 Å². The number of amides is 2. The van der Waals surface area contributed by atoms with Crippen LogP contribution in [-0.2, 0) is 28.3 Å². The van der Waals surface area contributed by atoms with Crippen LogP contribution in [0, 0.1) is 0 Å². The number of ether oxygens (including phenoxy) is 1. The van der Waals surface area contributed by atoms with E-state index >= 15 is 0 Å². The Kier molecular flexibility index (Phi) is 8.74. The number of benzene rings is 2. The maximum atomic E-state index is 13.5. The van der Waals surface area contributed by atoms with Gasteiger partial charge in [-0.1, -0.05) is 18.2 Å². The van der Waals surface area contributed by atoms with Gasteiger partial charge in [0.05, 0.1) is 24.3 Å². The van der Waals surface area contributed by atoms with Gasteiger partial charge >= 0.3 is 12.4 Å². The Hall–Kier alpha value is -3.58. The Morgan fingerprint density at radius 3 is 2.35 bits per heavy atom. The number of H-pyrrole nitrogens is 1. The molecule has 2 aromatic carbocycles. The summed E-state index contributed by atoms with van der Waals surface area (Å²) in [6.45, 7) is 1.05. The van der Waals surface area contributed by atoms with Crippen molar-refractivity contribution in [3.05, 3.63) is 70.9 Å². The lowest BCUT2D eigenvalue weighted by Gasteiger charge is -2.41. The normalized spacial score (nSPS) is 16.9. The van der Waals surface area contributed by atoms with Crippen LogP contribution >= 0.6 is 0 Å². The number of methoxy groups -OCH3 is 1. The molecule has 0 spiro atoms. The minimum atomic E-state index is -5.07. The predicted octanol–water partition coefficient (Wildman–Crippen LogP) is 4.34. The number of fused-ring (bicyclic) bond motifs is 1. The second-order valence-corrected chi connectivity index (χ2v) is 9.59. The molecule has 1 aliphatic rings. The first-order chi connectivity index (χ1) is 18.9. The van der Waals surface area contributed by atoms with E-state index in [2.05, 4.69) is 10.3 Å². The van der Waals surface area contributed by atoms with E-state index in [1.54, 1.807) is 11.1 Å². The zero-order valence-electron chi connectivity index (χ0n) is 21.5. The quantitative estimate of drug-likeness (QED) is 0.312. The standard InChI is InChI=1S/C27H28F6N4O3/c1-40-9-6-34-24(38)16-36-7-8-37(21(15-36)12-18-14-35-23-5-3-2-4-22(18)23)25(39)17-10-19(26(28,29)30)13-20(11-17)27(31,32)33/h2-5,10-11,13-14,21,35H,6-9,12,15-16H2,1H3,(H,34,38)/t21-/m1/s1. The average molecular weight is 571 g/mol. The molecule has 40 heavy (non-hydrogen) atoms. The molecular weight excluding hydrogens is 542 g/mol. The van der Waals surface area contributed by atoms with Crippen LogP contribution in [0.4, 0.5) is 26.3 Å². The third-order valence-electron chi connectivity index (χ3n) is 6.79. The van der Waals surface area contributed by atoms with E-state index in [0.29, 0.717) is 25.3 Å². The van der Waals surface area contributed by atoms with Crippen LogP contribution in [0.25, 0.3) is 10.9 Å². The van der Waals surface area contributed by atoms with Crippen LogP contribution in [0.5, 0.6) is 0 Å². The number of carbonyl (C=O) groups is 2. The first-order valence-corrected chi connectivity index (χ1v) is 12.5. The molecule has 0 aliphatic carbocycles. The Balaban J connectivity index is 1.64.